The van der Waals surface area contributed by atoms with Crippen LogP contribution in [0.25, 0.3) is 0 Å². The monoisotopic (exact) mass is 456 g/mol. The van der Waals surface area contributed by atoms with Gasteiger partial charge in [0.15, 0.2) is 20.4 Å². The SMILES string of the molecule is COC(OC)[C@H](O[Si](C)(C)C(C)(C)C)[C@@H]1OC(C)(C)O[C@H]([C@H](O)c2ccccc2)[C@H]1O. The van der Waals surface area contributed by atoms with Gasteiger partial charge >= 0.3 is 0 Å². The molecule has 1 saturated heterocycles. The van der Waals surface area contributed by atoms with Crippen LogP contribution in [0.2, 0.25) is 18.1 Å². The van der Waals surface area contributed by atoms with Gasteiger partial charge in [0, 0.05) is 14.2 Å². The van der Waals surface area contributed by atoms with Crippen molar-refractivity contribution in [3.63, 3.8) is 0 Å². The van der Waals surface area contributed by atoms with Crippen molar-refractivity contribution in [2.45, 2.75) is 95.3 Å². The standard InChI is InChI=1S/C23H40O7Si/c1-22(2,3)31(8,9)30-20(21(26-6)27-7)19-17(25)18(28-23(4,5)29-19)16(24)15-13-11-10-12-14-15/h10-14,16-21,24-25H,1-9H3/t16-,17-,18-,19-,20-/m1/s1. The molecule has 5 atom stereocenters. The summed E-state index contributed by atoms with van der Waals surface area (Å²) in [5, 5.41) is 22.3. The largest absolute Gasteiger partial charge is 0.406 e. The Hall–Kier alpha value is -0.843. The summed E-state index contributed by atoms with van der Waals surface area (Å²) >= 11 is 0. The first kappa shape index (κ1) is 26.4. The molecular formula is C23H40O7Si. The predicted octanol–water partition coefficient (Wildman–Crippen LogP) is 3.61. The molecule has 0 aliphatic carbocycles. The number of benzene rings is 1. The molecule has 2 N–H and O–H groups in total. The van der Waals surface area contributed by atoms with Crippen molar-refractivity contribution in [3.05, 3.63) is 35.9 Å². The van der Waals surface area contributed by atoms with E-state index in [2.05, 4.69) is 33.9 Å². The topological polar surface area (TPSA) is 86.6 Å². The molecule has 0 unspecified atom stereocenters. The Morgan fingerprint density at radius 3 is 2.00 bits per heavy atom. The maximum Gasteiger partial charge on any atom is 0.192 e. The van der Waals surface area contributed by atoms with Crippen LogP contribution >= 0.6 is 0 Å². The molecule has 1 aliphatic heterocycles. The van der Waals surface area contributed by atoms with E-state index in [4.69, 9.17) is 23.4 Å². The molecule has 2 rings (SSSR count). The van der Waals surface area contributed by atoms with Crippen LogP contribution in [-0.2, 0) is 23.4 Å². The first-order valence-corrected chi connectivity index (χ1v) is 13.6. The van der Waals surface area contributed by atoms with Crippen LogP contribution in [0, 0.1) is 0 Å². The lowest BCUT2D eigenvalue weighted by Gasteiger charge is -2.50. The molecule has 1 fully saturated rings. The number of aliphatic hydroxyl groups is 2. The smallest absolute Gasteiger partial charge is 0.192 e. The van der Waals surface area contributed by atoms with Gasteiger partial charge in [-0.15, -0.1) is 0 Å². The highest BCUT2D eigenvalue weighted by atomic mass is 28.4. The molecule has 0 saturated carbocycles. The van der Waals surface area contributed by atoms with Gasteiger partial charge in [-0.1, -0.05) is 51.1 Å². The van der Waals surface area contributed by atoms with E-state index in [1.165, 1.54) is 14.2 Å². The van der Waals surface area contributed by atoms with Gasteiger partial charge in [-0.2, -0.15) is 0 Å². The molecule has 1 aromatic rings. The molecule has 0 bridgehead atoms. The summed E-state index contributed by atoms with van der Waals surface area (Å²) in [6.45, 7) is 14.2. The molecule has 0 spiro atoms. The van der Waals surface area contributed by atoms with E-state index < -0.39 is 50.9 Å². The van der Waals surface area contributed by atoms with E-state index in [9.17, 15) is 10.2 Å². The summed E-state index contributed by atoms with van der Waals surface area (Å²) in [4.78, 5) is 0. The van der Waals surface area contributed by atoms with Crippen molar-refractivity contribution in [2.24, 2.45) is 0 Å². The maximum absolute atomic E-state index is 11.3. The van der Waals surface area contributed by atoms with Crippen LogP contribution in [-0.4, -0.2) is 69.2 Å². The highest BCUT2D eigenvalue weighted by Gasteiger charge is 2.53. The van der Waals surface area contributed by atoms with E-state index in [1.54, 1.807) is 26.0 Å². The van der Waals surface area contributed by atoms with E-state index in [1.807, 2.05) is 18.2 Å². The van der Waals surface area contributed by atoms with Gasteiger partial charge in [0.05, 0.1) is 0 Å². The molecular weight excluding hydrogens is 416 g/mol. The first-order valence-electron chi connectivity index (χ1n) is 10.7. The van der Waals surface area contributed by atoms with Crippen molar-refractivity contribution >= 4 is 8.32 Å². The molecule has 8 heteroatoms. The number of rotatable bonds is 8. The zero-order valence-corrected chi connectivity index (χ0v) is 21.3. The summed E-state index contributed by atoms with van der Waals surface area (Å²) in [6.07, 6.45) is -5.47. The van der Waals surface area contributed by atoms with Crippen LogP contribution in [0.1, 0.15) is 46.3 Å². The Morgan fingerprint density at radius 2 is 1.52 bits per heavy atom. The highest BCUT2D eigenvalue weighted by molar-refractivity contribution is 6.74. The summed E-state index contributed by atoms with van der Waals surface area (Å²) < 4.78 is 29.9. The fraction of sp³-hybridized carbons (Fsp3) is 0.739. The molecule has 0 radical (unpaired) electrons. The van der Waals surface area contributed by atoms with Crippen LogP contribution < -0.4 is 0 Å². The number of aliphatic hydroxyl groups excluding tert-OH is 2. The van der Waals surface area contributed by atoms with Crippen LogP contribution in [0.5, 0.6) is 0 Å². The summed E-state index contributed by atoms with van der Waals surface area (Å²) in [5.74, 6) is -1.06. The van der Waals surface area contributed by atoms with Crippen LogP contribution in [0.4, 0.5) is 0 Å². The lowest BCUT2D eigenvalue weighted by Crippen LogP contribution is -2.64. The minimum absolute atomic E-state index is 0.0775. The van der Waals surface area contributed by atoms with Gasteiger partial charge in [-0.05, 0) is 37.5 Å². The molecule has 0 aromatic heterocycles. The number of methoxy groups -OCH3 is 2. The fourth-order valence-electron chi connectivity index (χ4n) is 3.52. The third kappa shape index (κ3) is 6.14. The number of hydrogen-bond acceptors (Lipinski definition) is 7. The zero-order valence-electron chi connectivity index (χ0n) is 20.3. The number of hydrogen-bond donors (Lipinski definition) is 2. The minimum Gasteiger partial charge on any atom is -0.406 e. The Morgan fingerprint density at radius 1 is 1.00 bits per heavy atom. The molecule has 178 valence electrons. The third-order valence-corrected chi connectivity index (χ3v) is 10.7. The van der Waals surface area contributed by atoms with Gasteiger partial charge in [0.1, 0.15) is 30.5 Å². The lowest BCUT2D eigenvalue weighted by molar-refractivity contribution is -0.366. The first-order chi connectivity index (χ1) is 14.2. The van der Waals surface area contributed by atoms with E-state index in [0.717, 1.165) is 0 Å². The van der Waals surface area contributed by atoms with Gasteiger partial charge in [-0.25, -0.2) is 0 Å². The summed E-state index contributed by atoms with van der Waals surface area (Å²) in [6, 6.07) is 9.14. The predicted molar refractivity (Wildman–Crippen MR) is 121 cm³/mol. The van der Waals surface area contributed by atoms with Crippen LogP contribution in [0.3, 0.4) is 0 Å². The highest BCUT2D eigenvalue weighted by Crippen LogP contribution is 2.41. The quantitative estimate of drug-likeness (QED) is 0.456. The molecule has 1 heterocycles. The van der Waals surface area contributed by atoms with Crippen molar-refractivity contribution in [3.8, 4) is 0 Å². The summed E-state index contributed by atoms with van der Waals surface area (Å²) in [5.41, 5.74) is 0.653. The Balaban J connectivity index is 2.43. The lowest BCUT2D eigenvalue weighted by atomic mass is 9.92. The maximum atomic E-state index is 11.3. The van der Waals surface area contributed by atoms with Crippen molar-refractivity contribution in [1.82, 2.24) is 0 Å². The minimum atomic E-state index is -2.29. The van der Waals surface area contributed by atoms with Gasteiger partial charge in [-0.3, -0.25) is 0 Å². The average molecular weight is 457 g/mol. The Bertz CT molecular complexity index is 685. The number of ether oxygens (including phenoxy) is 4. The normalized spacial score (nSPS) is 26.6. The average Bonchev–Trinajstić information content (AvgIpc) is 2.68. The third-order valence-electron chi connectivity index (χ3n) is 6.26. The van der Waals surface area contributed by atoms with Crippen LogP contribution in [0.15, 0.2) is 30.3 Å². The molecule has 31 heavy (non-hydrogen) atoms. The van der Waals surface area contributed by atoms with Gasteiger partial charge in [0.25, 0.3) is 0 Å². The second-order valence-electron chi connectivity index (χ2n) is 10.1. The van der Waals surface area contributed by atoms with Gasteiger partial charge < -0.3 is 33.6 Å². The van der Waals surface area contributed by atoms with E-state index in [0.29, 0.717) is 5.56 Å². The van der Waals surface area contributed by atoms with Crippen molar-refractivity contribution in [2.75, 3.05) is 14.2 Å². The molecule has 1 aromatic carbocycles. The Kier molecular flexibility index (Phi) is 8.49. The van der Waals surface area contributed by atoms with Crippen molar-refractivity contribution in [1.29, 1.82) is 0 Å². The second-order valence-corrected chi connectivity index (χ2v) is 14.8. The zero-order chi connectivity index (χ0) is 23.6. The second kappa shape index (κ2) is 9.97. The molecule has 0 amide bonds. The summed E-state index contributed by atoms with van der Waals surface area (Å²) in [7, 11) is 0.771. The van der Waals surface area contributed by atoms with Gasteiger partial charge in [0.2, 0.25) is 0 Å². The fourth-order valence-corrected chi connectivity index (χ4v) is 4.80. The molecule has 7 nitrogen and oxygen atoms in total. The molecule has 1 aliphatic rings. The van der Waals surface area contributed by atoms with E-state index in [-0.39, 0.29) is 5.04 Å². The van der Waals surface area contributed by atoms with Crippen molar-refractivity contribution < 1.29 is 33.6 Å². The Labute approximate surface area is 187 Å². The van der Waals surface area contributed by atoms with E-state index >= 15 is 0 Å².